The van der Waals surface area contributed by atoms with Gasteiger partial charge < -0.3 is 21.3 Å². The van der Waals surface area contributed by atoms with Gasteiger partial charge in [0.15, 0.2) is 5.82 Å². The van der Waals surface area contributed by atoms with Gasteiger partial charge in [-0.2, -0.15) is 0 Å². The SMILES string of the molecule is C[NH+](C)C1CCCN(c2ncc(N)cc2N)C1. The molecule has 17 heavy (non-hydrogen) atoms. The molecule has 0 saturated carbocycles. The number of piperidine rings is 1. The Hall–Kier alpha value is -1.49. The molecule has 1 aromatic heterocycles. The van der Waals surface area contributed by atoms with Gasteiger partial charge in [0.25, 0.3) is 0 Å². The summed E-state index contributed by atoms with van der Waals surface area (Å²) in [7, 11) is 4.40. The van der Waals surface area contributed by atoms with E-state index in [1.165, 1.54) is 17.7 Å². The summed E-state index contributed by atoms with van der Waals surface area (Å²) in [6.45, 7) is 2.05. The van der Waals surface area contributed by atoms with E-state index in [-0.39, 0.29) is 0 Å². The average Bonchev–Trinajstić information content (AvgIpc) is 2.29. The van der Waals surface area contributed by atoms with Crippen molar-refractivity contribution in [3.8, 4) is 0 Å². The Morgan fingerprint density at radius 1 is 1.41 bits per heavy atom. The second-order valence-corrected chi connectivity index (χ2v) is 5.04. The minimum Gasteiger partial charge on any atom is -0.397 e. The molecule has 0 aliphatic carbocycles. The van der Waals surface area contributed by atoms with E-state index in [1.54, 1.807) is 12.3 Å². The van der Waals surface area contributed by atoms with Crippen molar-refractivity contribution in [1.29, 1.82) is 0 Å². The number of nitrogens with one attached hydrogen (secondary N) is 1. The van der Waals surface area contributed by atoms with Gasteiger partial charge in [-0.15, -0.1) is 0 Å². The summed E-state index contributed by atoms with van der Waals surface area (Å²) in [5.74, 6) is 0.880. The number of quaternary nitrogens is 1. The lowest BCUT2D eigenvalue weighted by atomic mass is 10.0. The third kappa shape index (κ3) is 2.61. The fourth-order valence-corrected chi connectivity index (χ4v) is 2.40. The third-order valence-corrected chi connectivity index (χ3v) is 3.45. The predicted octanol–water partition coefficient (Wildman–Crippen LogP) is -0.641. The minimum absolute atomic E-state index is 0.623. The van der Waals surface area contributed by atoms with Crippen LogP contribution in [-0.4, -0.2) is 38.2 Å². The average molecular weight is 236 g/mol. The molecule has 1 aliphatic heterocycles. The molecule has 1 aliphatic rings. The van der Waals surface area contributed by atoms with Gasteiger partial charge in [0.2, 0.25) is 0 Å². The van der Waals surface area contributed by atoms with Crippen LogP contribution < -0.4 is 21.3 Å². The summed E-state index contributed by atoms with van der Waals surface area (Å²) >= 11 is 0. The fraction of sp³-hybridized carbons (Fsp3) is 0.583. The van der Waals surface area contributed by atoms with Crippen molar-refractivity contribution >= 4 is 17.2 Å². The smallest absolute Gasteiger partial charge is 0.152 e. The number of nitrogen functional groups attached to an aromatic ring is 2. The van der Waals surface area contributed by atoms with Gasteiger partial charge in [-0.05, 0) is 12.5 Å². The molecule has 1 atom stereocenters. The molecule has 2 heterocycles. The number of aromatic nitrogens is 1. The molecule has 5 N–H and O–H groups in total. The highest BCUT2D eigenvalue weighted by atomic mass is 15.2. The quantitative estimate of drug-likeness (QED) is 0.638. The molecule has 0 bridgehead atoms. The Labute approximate surface area is 102 Å². The summed E-state index contributed by atoms with van der Waals surface area (Å²) in [6, 6.07) is 2.44. The van der Waals surface area contributed by atoms with Crippen LogP contribution in [0.3, 0.4) is 0 Å². The first-order chi connectivity index (χ1) is 8.08. The highest BCUT2D eigenvalue weighted by molar-refractivity contribution is 5.67. The Morgan fingerprint density at radius 2 is 2.18 bits per heavy atom. The minimum atomic E-state index is 0.623. The van der Waals surface area contributed by atoms with Crippen LogP contribution in [0, 0.1) is 0 Å². The zero-order chi connectivity index (χ0) is 12.4. The summed E-state index contributed by atoms with van der Waals surface area (Å²) in [4.78, 5) is 8.13. The van der Waals surface area contributed by atoms with Crippen LogP contribution in [0.2, 0.25) is 0 Å². The van der Waals surface area contributed by atoms with Crippen LogP contribution in [0.1, 0.15) is 12.8 Å². The molecule has 0 aromatic carbocycles. The topological polar surface area (TPSA) is 72.6 Å². The molecule has 94 valence electrons. The Balaban J connectivity index is 2.16. The number of hydrogen-bond donors (Lipinski definition) is 3. The van der Waals surface area contributed by atoms with Gasteiger partial charge in [-0.25, -0.2) is 4.98 Å². The maximum absolute atomic E-state index is 5.98. The Kier molecular flexibility index (Phi) is 3.38. The summed E-state index contributed by atoms with van der Waals surface area (Å²) in [5, 5.41) is 0. The molecule has 1 aromatic rings. The van der Waals surface area contributed by atoms with Gasteiger partial charge in [-0.3, -0.25) is 0 Å². The van der Waals surface area contributed by atoms with Crippen molar-refractivity contribution in [2.24, 2.45) is 0 Å². The summed E-state index contributed by atoms with van der Waals surface area (Å²) < 4.78 is 0. The number of pyridine rings is 1. The zero-order valence-electron chi connectivity index (χ0n) is 10.6. The number of nitrogens with two attached hydrogens (primary N) is 2. The van der Waals surface area contributed by atoms with Crippen molar-refractivity contribution < 1.29 is 4.90 Å². The van der Waals surface area contributed by atoms with E-state index < -0.39 is 0 Å². The lowest BCUT2D eigenvalue weighted by Crippen LogP contribution is -3.11. The molecule has 1 saturated heterocycles. The molecule has 1 unspecified atom stereocenters. The molecule has 0 amide bonds. The van der Waals surface area contributed by atoms with Crippen LogP contribution in [-0.2, 0) is 0 Å². The van der Waals surface area contributed by atoms with Crippen LogP contribution in [0.25, 0.3) is 0 Å². The fourth-order valence-electron chi connectivity index (χ4n) is 2.40. The monoisotopic (exact) mass is 236 g/mol. The molecular formula is C12H22N5+. The van der Waals surface area contributed by atoms with Gasteiger partial charge in [-0.1, -0.05) is 0 Å². The van der Waals surface area contributed by atoms with E-state index >= 15 is 0 Å². The molecule has 1 fully saturated rings. The highest BCUT2D eigenvalue weighted by Crippen LogP contribution is 2.24. The van der Waals surface area contributed by atoms with Gasteiger partial charge >= 0.3 is 0 Å². The van der Waals surface area contributed by atoms with E-state index in [1.807, 2.05) is 0 Å². The first-order valence-corrected chi connectivity index (χ1v) is 6.14. The number of nitrogens with zero attached hydrogens (tertiary/aromatic N) is 2. The van der Waals surface area contributed by atoms with Crippen molar-refractivity contribution in [3.05, 3.63) is 12.3 Å². The number of rotatable bonds is 2. The van der Waals surface area contributed by atoms with Crippen molar-refractivity contribution in [2.45, 2.75) is 18.9 Å². The first kappa shape index (κ1) is 12.0. The van der Waals surface area contributed by atoms with E-state index in [0.29, 0.717) is 17.4 Å². The lowest BCUT2D eigenvalue weighted by molar-refractivity contribution is -0.884. The Bertz CT molecular complexity index is 390. The Morgan fingerprint density at radius 3 is 2.82 bits per heavy atom. The first-order valence-electron chi connectivity index (χ1n) is 6.14. The van der Waals surface area contributed by atoms with E-state index in [4.69, 9.17) is 11.5 Å². The number of likely N-dealkylation sites (N-methyl/N-ethyl adjacent to an activating group) is 1. The molecular weight excluding hydrogens is 214 g/mol. The largest absolute Gasteiger partial charge is 0.397 e. The molecule has 0 spiro atoms. The molecule has 5 nitrogen and oxygen atoms in total. The molecule has 0 radical (unpaired) electrons. The maximum atomic E-state index is 5.98. The van der Waals surface area contributed by atoms with Crippen molar-refractivity contribution in [2.75, 3.05) is 43.6 Å². The number of hydrogen-bond acceptors (Lipinski definition) is 4. The predicted molar refractivity (Wildman–Crippen MR) is 71.1 cm³/mol. The second-order valence-electron chi connectivity index (χ2n) is 5.04. The highest BCUT2D eigenvalue weighted by Gasteiger charge is 2.25. The molecule has 2 rings (SSSR count). The van der Waals surface area contributed by atoms with E-state index in [2.05, 4.69) is 24.0 Å². The lowest BCUT2D eigenvalue weighted by Gasteiger charge is -2.35. The van der Waals surface area contributed by atoms with Gasteiger partial charge in [0, 0.05) is 13.0 Å². The second kappa shape index (κ2) is 4.79. The number of anilines is 3. The van der Waals surface area contributed by atoms with Crippen LogP contribution in [0.15, 0.2) is 12.3 Å². The summed E-state index contributed by atoms with van der Waals surface area (Å²) in [5.41, 5.74) is 13.0. The zero-order valence-corrected chi connectivity index (χ0v) is 10.6. The van der Waals surface area contributed by atoms with Gasteiger partial charge in [0.05, 0.1) is 38.2 Å². The normalized spacial score (nSPS) is 20.9. The maximum Gasteiger partial charge on any atom is 0.152 e. The van der Waals surface area contributed by atoms with Crippen LogP contribution >= 0.6 is 0 Å². The van der Waals surface area contributed by atoms with Gasteiger partial charge in [0.1, 0.15) is 6.04 Å². The summed E-state index contributed by atoms with van der Waals surface area (Å²) in [6.07, 6.45) is 4.15. The van der Waals surface area contributed by atoms with Crippen molar-refractivity contribution in [1.82, 2.24) is 4.98 Å². The van der Waals surface area contributed by atoms with E-state index in [0.717, 1.165) is 18.9 Å². The third-order valence-electron chi connectivity index (χ3n) is 3.45. The van der Waals surface area contributed by atoms with Crippen molar-refractivity contribution in [3.63, 3.8) is 0 Å². The van der Waals surface area contributed by atoms with Crippen LogP contribution in [0.5, 0.6) is 0 Å². The molecule has 5 heteroatoms. The standard InChI is InChI=1S/C12H21N5/c1-16(2)10-4-3-5-17(8-10)12-11(14)6-9(13)7-15-12/h6-7,10H,3-5,8,13-14H2,1-2H3/p+1. The van der Waals surface area contributed by atoms with E-state index in [9.17, 15) is 0 Å². The van der Waals surface area contributed by atoms with Crippen LogP contribution in [0.4, 0.5) is 17.2 Å².